The lowest BCUT2D eigenvalue weighted by Gasteiger charge is -2.20. The molecule has 0 bridgehead atoms. The number of aliphatic hydroxyl groups is 1. The molecule has 1 aliphatic heterocycles. The van der Waals surface area contributed by atoms with Gasteiger partial charge >= 0.3 is 0 Å². The Hall–Kier alpha value is -2.83. The Morgan fingerprint density at radius 1 is 1.11 bits per heavy atom. The fraction of sp³-hybridized carbons (Fsp3) is 0.227. The SMILES string of the molecule is O[C@@H](c1cccnc1)c1ccc2c(c1)CN(Cc1cccc(F)c1F)CCO2. The summed E-state index contributed by atoms with van der Waals surface area (Å²) in [5, 5.41) is 10.6. The van der Waals surface area contributed by atoms with Crippen LogP contribution in [0.1, 0.15) is 28.4 Å². The number of pyridine rings is 1. The zero-order valence-corrected chi connectivity index (χ0v) is 15.2. The van der Waals surface area contributed by atoms with Gasteiger partial charge in [-0.05, 0) is 29.8 Å². The van der Waals surface area contributed by atoms with Gasteiger partial charge in [-0.1, -0.05) is 24.3 Å². The van der Waals surface area contributed by atoms with Crippen molar-refractivity contribution in [3.05, 3.63) is 94.8 Å². The molecule has 4 nitrogen and oxygen atoms in total. The first-order valence-corrected chi connectivity index (χ1v) is 9.10. The van der Waals surface area contributed by atoms with Gasteiger partial charge in [-0.3, -0.25) is 9.88 Å². The molecule has 1 atom stereocenters. The van der Waals surface area contributed by atoms with Crippen LogP contribution in [0.15, 0.2) is 60.9 Å². The molecule has 0 fully saturated rings. The van der Waals surface area contributed by atoms with Crippen LogP contribution in [0.5, 0.6) is 5.75 Å². The predicted molar refractivity (Wildman–Crippen MR) is 101 cm³/mol. The molecule has 0 saturated heterocycles. The van der Waals surface area contributed by atoms with Crippen molar-refractivity contribution in [2.75, 3.05) is 13.2 Å². The van der Waals surface area contributed by atoms with Gasteiger partial charge < -0.3 is 9.84 Å². The van der Waals surface area contributed by atoms with Crippen molar-refractivity contribution in [3.8, 4) is 5.75 Å². The van der Waals surface area contributed by atoms with Gasteiger partial charge in [-0.25, -0.2) is 8.78 Å². The van der Waals surface area contributed by atoms with E-state index >= 15 is 0 Å². The lowest BCUT2D eigenvalue weighted by atomic mass is 10.00. The molecule has 1 aliphatic rings. The first kappa shape index (κ1) is 18.5. The van der Waals surface area contributed by atoms with Gasteiger partial charge in [-0.2, -0.15) is 0 Å². The number of hydrogen-bond donors (Lipinski definition) is 1. The minimum Gasteiger partial charge on any atom is -0.492 e. The number of hydrogen-bond acceptors (Lipinski definition) is 4. The average molecular weight is 382 g/mol. The fourth-order valence-corrected chi connectivity index (χ4v) is 3.42. The van der Waals surface area contributed by atoms with Crippen molar-refractivity contribution < 1.29 is 18.6 Å². The Labute approximate surface area is 162 Å². The molecule has 0 spiro atoms. The molecular weight excluding hydrogens is 362 g/mol. The minimum absolute atomic E-state index is 0.280. The number of aromatic nitrogens is 1. The first-order chi connectivity index (χ1) is 13.6. The van der Waals surface area contributed by atoms with E-state index in [0.717, 1.165) is 22.9 Å². The van der Waals surface area contributed by atoms with Crippen LogP contribution >= 0.6 is 0 Å². The van der Waals surface area contributed by atoms with Crippen molar-refractivity contribution in [1.82, 2.24) is 9.88 Å². The number of nitrogens with zero attached hydrogens (tertiary/aromatic N) is 2. The van der Waals surface area contributed by atoms with Crippen LogP contribution in [-0.4, -0.2) is 28.1 Å². The molecular formula is C22H20F2N2O2. The maximum Gasteiger partial charge on any atom is 0.163 e. The minimum atomic E-state index is -0.842. The number of halogens is 2. The molecule has 0 amide bonds. The maximum absolute atomic E-state index is 14.0. The molecule has 3 aromatic rings. The van der Waals surface area contributed by atoms with Crippen LogP contribution in [0, 0.1) is 11.6 Å². The van der Waals surface area contributed by atoms with E-state index in [1.54, 1.807) is 24.5 Å². The van der Waals surface area contributed by atoms with Crippen LogP contribution < -0.4 is 4.74 Å². The van der Waals surface area contributed by atoms with Gasteiger partial charge in [0.05, 0.1) is 0 Å². The van der Waals surface area contributed by atoms with Gasteiger partial charge in [0.1, 0.15) is 18.5 Å². The van der Waals surface area contributed by atoms with Crippen LogP contribution in [0.4, 0.5) is 8.78 Å². The maximum atomic E-state index is 14.0. The number of ether oxygens (including phenoxy) is 1. The summed E-state index contributed by atoms with van der Waals surface area (Å²) < 4.78 is 33.4. The summed E-state index contributed by atoms with van der Waals surface area (Å²) >= 11 is 0. The molecule has 2 heterocycles. The molecule has 0 saturated carbocycles. The molecule has 0 unspecified atom stereocenters. The first-order valence-electron chi connectivity index (χ1n) is 9.10. The smallest absolute Gasteiger partial charge is 0.163 e. The molecule has 28 heavy (non-hydrogen) atoms. The predicted octanol–water partition coefficient (Wildman–Crippen LogP) is 3.84. The van der Waals surface area contributed by atoms with E-state index in [2.05, 4.69) is 4.98 Å². The fourth-order valence-electron chi connectivity index (χ4n) is 3.42. The Morgan fingerprint density at radius 3 is 2.82 bits per heavy atom. The van der Waals surface area contributed by atoms with Crippen molar-refractivity contribution in [2.24, 2.45) is 0 Å². The third-order valence-corrected chi connectivity index (χ3v) is 4.88. The zero-order chi connectivity index (χ0) is 19.5. The van der Waals surface area contributed by atoms with Crippen molar-refractivity contribution in [1.29, 1.82) is 0 Å². The summed E-state index contributed by atoms with van der Waals surface area (Å²) in [6.07, 6.45) is 2.49. The lowest BCUT2D eigenvalue weighted by Crippen LogP contribution is -2.25. The standard InChI is InChI=1S/C22H20F2N2O2/c23-19-5-1-3-17(21(19)24)13-26-9-10-28-20-7-6-15(11-18(20)14-26)22(27)16-4-2-8-25-12-16/h1-8,11-12,22,27H,9-10,13-14H2/t22-/m1/s1. The number of aliphatic hydroxyl groups excluding tert-OH is 1. The highest BCUT2D eigenvalue weighted by Crippen LogP contribution is 2.30. The highest BCUT2D eigenvalue weighted by Gasteiger charge is 2.20. The van der Waals surface area contributed by atoms with Crippen molar-refractivity contribution in [2.45, 2.75) is 19.2 Å². The summed E-state index contributed by atoms with van der Waals surface area (Å²) in [6.45, 7) is 1.83. The number of rotatable bonds is 4. The molecule has 4 rings (SSSR count). The second-order valence-electron chi connectivity index (χ2n) is 6.83. The zero-order valence-electron chi connectivity index (χ0n) is 15.2. The Bertz CT molecular complexity index is 966. The van der Waals surface area contributed by atoms with E-state index in [1.165, 1.54) is 6.07 Å². The summed E-state index contributed by atoms with van der Waals surface area (Å²) in [5.41, 5.74) is 2.65. The molecule has 6 heteroatoms. The van der Waals surface area contributed by atoms with Crippen molar-refractivity contribution in [3.63, 3.8) is 0 Å². The topological polar surface area (TPSA) is 45.6 Å². The van der Waals surface area contributed by atoms with Gasteiger partial charge in [-0.15, -0.1) is 0 Å². The average Bonchev–Trinajstić information content (AvgIpc) is 2.92. The normalized spacial score (nSPS) is 15.4. The van der Waals surface area contributed by atoms with Gasteiger partial charge in [0, 0.05) is 48.7 Å². The Balaban J connectivity index is 1.57. The highest BCUT2D eigenvalue weighted by molar-refractivity contribution is 5.41. The van der Waals surface area contributed by atoms with E-state index in [0.29, 0.717) is 30.8 Å². The molecule has 1 aromatic heterocycles. The Morgan fingerprint density at radius 2 is 2.00 bits per heavy atom. The van der Waals surface area contributed by atoms with Gasteiger partial charge in [0.2, 0.25) is 0 Å². The largest absolute Gasteiger partial charge is 0.492 e. The summed E-state index contributed by atoms with van der Waals surface area (Å²) in [4.78, 5) is 6.05. The third kappa shape index (κ3) is 3.88. The second-order valence-corrected chi connectivity index (χ2v) is 6.83. The van der Waals surface area contributed by atoms with Crippen LogP contribution in [0.3, 0.4) is 0 Å². The van der Waals surface area contributed by atoms with Crippen LogP contribution in [0.2, 0.25) is 0 Å². The molecule has 1 N–H and O–H groups in total. The summed E-state index contributed by atoms with van der Waals surface area (Å²) in [5.74, 6) is -0.913. The van der Waals surface area contributed by atoms with E-state index in [1.807, 2.05) is 29.2 Å². The molecule has 2 aromatic carbocycles. The third-order valence-electron chi connectivity index (χ3n) is 4.88. The Kier molecular flexibility index (Phi) is 5.32. The van der Waals surface area contributed by atoms with E-state index in [-0.39, 0.29) is 6.54 Å². The summed E-state index contributed by atoms with van der Waals surface area (Å²) in [6, 6.07) is 13.4. The van der Waals surface area contributed by atoms with Gasteiger partial charge in [0.25, 0.3) is 0 Å². The van der Waals surface area contributed by atoms with E-state index in [9.17, 15) is 13.9 Å². The van der Waals surface area contributed by atoms with E-state index < -0.39 is 17.7 Å². The van der Waals surface area contributed by atoms with E-state index in [4.69, 9.17) is 4.74 Å². The number of benzene rings is 2. The molecule has 144 valence electrons. The quantitative estimate of drug-likeness (QED) is 0.745. The highest BCUT2D eigenvalue weighted by atomic mass is 19.2. The van der Waals surface area contributed by atoms with Crippen molar-refractivity contribution >= 4 is 0 Å². The molecule has 0 radical (unpaired) electrons. The lowest BCUT2D eigenvalue weighted by molar-refractivity contribution is 0.216. The van der Waals surface area contributed by atoms with Crippen LogP contribution in [0.25, 0.3) is 0 Å². The number of fused-ring (bicyclic) bond motifs is 1. The van der Waals surface area contributed by atoms with Crippen LogP contribution in [-0.2, 0) is 13.1 Å². The van der Waals surface area contributed by atoms with Gasteiger partial charge in [0.15, 0.2) is 11.6 Å². The molecule has 0 aliphatic carbocycles. The monoisotopic (exact) mass is 382 g/mol. The second kappa shape index (κ2) is 8.04. The summed E-state index contributed by atoms with van der Waals surface area (Å²) in [7, 11) is 0.